The molecule has 0 aliphatic heterocycles. The number of carbonyl (C=O) groups excluding carboxylic acids is 2. The van der Waals surface area contributed by atoms with Crippen LogP contribution in [0.15, 0.2) is 42.5 Å². The van der Waals surface area contributed by atoms with Gasteiger partial charge in [-0.2, -0.15) is 0 Å². The van der Waals surface area contributed by atoms with E-state index in [4.69, 9.17) is 10.5 Å². The fraction of sp³-hybridized carbons (Fsp3) is 0.222. The molecule has 0 bridgehead atoms. The van der Waals surface area contributed by atoms with Gasteiger partial charge in [0.15, 0.2) is 6.10 Å². The lowest BCUT2D eigenvalue weighted by Crippen LogP contribution is -2.31. The van der Waals surface area contributed by atoms with E-state index in [1.165, 1.54) is 0 Å². The third-order valence-electron chi connectivity index (χ3n) is 3.48. The number of nitrogens with one attached hydrogen (secondary N) is 1. The third-order valence-corrected chi connectivity index (χ3v) is 3.48. The van der Waals surface area contributed by atoms with Crippen LogP contribution in [0, 0.1) is 13.8 Å². The second-order valence-electron chi connectivity index (χ2n) is 5.43. The molecular formula is C18H20N2O3. The molecular weight excluding hydrogens is 292 g/mol. The van der Waals surface area contributed by atoms with E-state index in [9.17, 15) is 9.59 Å². The summed E-state index contributed by atoms with van der Waals surface area (Å²) in [7, 11) is 0. The molecule has 120 valence electrons. The van der Waals surface area contributed by atoms with Crippen molar-refractivity contribution >= 4 is 17.5 Å². The number of ether oxygens (including phenoxy) is 1. The first kappa shape index (κ1) is 16.5. The summed E-state index contributed by atoms with van der Waals surface area (Å²) in [6, 6.07) is 12.4. The number of aryl methyl sites for hydroxylation is 2. The number of para-hydroxylation sites is 1. The average Bonchev–Trinajstić information content (AvgIpc) is 2.51. The van der Waals surface area contributed by atoms with Gasteiger partial charge in [-0.25, -0.2) is 0 Å². The molecule has 2 aromatic carbocycles. The van der Waals surface area contributed by atoms with Crippen LogP contribution in [-0.2, 0) is 4.79 Å². The number of benzene rings is 2. The van der Waals surface area contributed by atoms with Gasteiger partial charge in [-0.05, 0) is 50.1 Å². The van der Waals surface area contributed by atoms with Crippen molar-refractivity contribution < 1.29 is 14.3 Å². The number of primary amides is 1. The maximum absolute atomic E-state index is 12.3. The van der Waals surface area contributed by atoms with Gasteiger partial charge in [0.25, 0.3) is 11.8 Å². The predicted octanol–water partition coefficient (Wildman–Crippen LogP) is 2.81. The quantitative estimate of drug-likeness (QED) is 0.890. The van der Waals surface area contributed by atoms with Gasteiger partial charge in [-0.3, -0.25) is 9.59 Å². The second kappa shape index (κ2) is 6.96. The molecule has 0 saturated heterocycles. The van der Waals surface area contributed by atoms with Gasteiger partial charge < -0.3 is 15.8 Å². The van der Waals surface area contributed by atoms with Gasteiger partial charge in [0, 0.05) is 5.69 Å². The van der Waals surface area contributed by atoms with Crippen molar-refractivity contribution in [3.63, 3.8) is 0 Å². The zero-order chi connectivity index (χ0) is 17.0. The SMILES string of the molecule is Cc1ccc(C)c(NC(=O)[C@H](C)Oc2ccccc2C(N)=O)c1. The van der Waals surface area contributed by atoms with Crippen LogP contribution >= 0.6 is 0 Å². The molecule has 0 radical (unpaired) electrons. The molecule has 23 heavy (non-hydrogen) atoms. The van der Waals surface area contributed by atoms with Gasteiger partial charge in [0.2, 0.25) is 0 Å². The Hall–Kier alpha value is -2.82. The Morgan fingerprint density at radius 3 is 2.52 bits per heavy atom. The van der Waals surface area contributed by atoms with Crippen LogP contribution in [-0.4, -0.2) is 17.9 Å². The van der Waals surface area contributed by atoms with E-state index in [0.29, 0.717) is 5.75 Å². The number of rotatable bonds is 5. The Kier molecular flexibility index (Phi) is 5.01. The first-order chi connectivity index (χ1) is 10.9. The van der Waals surface area contributed by atoms with Crippen LogP contribution in [0.1, 0.15) is 28.4 Å². The number of carbonyl (C=O) groups is 2. The molecule has 5 nitrogen and oxygen atoms in total. The first-order valence-corrected chi connectivity index (χ1v) is 7.32. The van der Waals surface area contributed by atoms with Crippen molar-refractivity contribution in [3.05, 3.63) is 59.2 Å². The minimum Gasteiger partial charge on any atom is -0.480 e. The fourth-order valence-corrected chi connectivity index (χ4v) is 2.12. The molecule has 0 unspecified atom stereocenters. The molecule has 0 fully saturated rings. The van der Waals surface area contributed by atoms with E-state index in [2.05, 4.69) is 5.32 Å². The summed E-state index contributed by atoms with van der Waals surface area (Å²) < 4.78 is 5.60. The van der Waals surface area contributed by atoms with Gasteiger partial charge in [0.05, 0.1) is 5.56 Å². The molecule has 2 rings (SSSR count). The van der Waals surface area contributed by atoms with Crippen LogP contribution in [0.5, 0.6) is 5.75 Å². The normalized spacial score (nSPS) is 11.6. The largest absolute Gasteiger partial charge is 0.480 e. The van der Waals surface area contributed by atoms with E-state index in [-0.39, 0.29) is 11.5 Å². The van der Waals surface area contributed by atoms with E-state index in [1.807, 2.05) is 32.0 Å². The zero-order valence-corrected chi connectivity index (χ0v) is 13.4. The molecule has 2 amide bonds. The predicted molar refractivity (Wildman–Crippen MR) is 89.6 cm³/mol. The van der Waals surface area contributed by atoms with Crippen LogP contribution in [0.25, 0.3) is 0 Å². The summed E-state index contributed by atoms with van der Waals surface area (Å²) in [5.41, 5.74) is 8.32. The molecule has 2 aromatic rings. The Balaban J connectivity index is 2.12. The summed E-state index contributed by atoms with van der Waals surface area (Å²) in [6.45, 7) is 5.50. The maximum atomic E-state index is 12.3. The number of hydrogen-bond donors (Lipinski definition) is 2. The topological polar surface area (TPSA) is 81.4 Å². The van der Waals surface area contributed by atoms with Crippen molar-refractivity contribution in [2.45, 2.75) is 26.9 Å². The van der Waals surface area contributed by atoms with Gasteiger partial charge in [0.1, 0.15) is 5.75 Å². The molecule has 1 atom stereocenters. The van der Waals surface area contributed by atoms with Crippen molar-refractivity contribution in [1.82, 2.24) is 0 Å². The molecule has 0 aliphatic carbocycles. The van der Waals surface area contributed by atoms with Crippen LogP contribution in [0.3, 0.4) is 0 Å². The fourth-order valence-electron chi connectivity index (χ4n) is 2.12. The van der Waals surface area contributed by atoms with E-state index < -0.39 is 12.0 Å². The standard InChI is InChI=1S/C18H20N2O3/c1-11-8-9-12(2)15(10-11)20-18(22)13(3)23-16-7-5-4-6-14(16)17(19)21/h4-10,13H,1-3H3,(H2,19,21)(H,20,22)/t13-/m0/s1. The highest BCUT2D eigenvalue weighted by Crippen LogP contribution is 2.20. The summed E-state index contributed by atoms with van der Waals surface area (Å²) in [6.07, 6.45) is -0.768. The average molecular weight is 312 g/mol. The summed E-state index contributed by atoms with van der Waals surface area (Å²) in [5.74, 6) is -0.593. The lowest BCUT2D eigenvalue weighted by atomic mass is 10.1. The highest BCUT2D eigenvalue weighted by atomic mass is 16.5. The first-order valence-electron chi connectivity index (χ1n) is 7.32. The number of anilines is 1. The summed E-state index contributed by atoms with van der Waals surface area (Å²) in [5, 5.41) is 2.84. The monoisotopic (exact) mass is 312 g/mol. The molecule has 5 heteroatoms. The van der Waals surface area contributed by atoms with Crippen molar-refractivity contribution in [1.29, 1.82) is 0 Å². The molecule has 0 spiro atoms. The van der Waals surface area contributed by atoms with Gasteiger partial charge in [-0.15, -0.1) is 0 Å². The Bertz CT molecular complexity index is 741. The molecule has 0 aliphatic rings. The number of hydrogen-bond acceptors (Lipinski definition) is 3. The van der Waals surface area contributed by atoms with Crippen molar-refractivity contribution in [3.8, 4) is 5.75 Å². The minimum absolute atomic E-state index is 0.249. The van der Waals surface area contributed by atoms with Crippen molar-refractivity contribution in [2.24, 2.45) is 5.73 Å². The van der Waals surface area contributed by atoms with Gasteiger partial charge >= 0.3 is 0 Å². The smallest absolute Gasteiger partial charge is 0.265 e. The Labute approximate surface area is 135 Å². The maximum Gasteiger partial charge on any atom is 0.265 e. The van der Waals surface area contributed by atoms with E-state index in [0.717, 1.165) is 16.8 Å². The second-order valence-corrected chi connectivity index (χ2v) is 5.43. The molecule has 0 saturated carbocycles. The Morgan fingerprint density at radius 2 is 1.83 bits per heavy atom. The molecule has 3 N–H and O–H groups in total. The van der Waals surface area contributed by atoms with Crippen LogP contribution in [0.4, 0.5) is 5.69 Å². The number of nitrogens with two attached hydrogens (primary N) is 1. The Morgan fingerprint density at radius 1 is 1.13 bits per heavy atom. The molecule has 0 aromatic heterocycles. The highest BCUT2D eigenvalue weighted by molar-refractivity contribution is 5.97. The molecule has 0 heterocycles. The zero-order valence-electron chi connectivity index (χ0n) is 13.4. The summed E-state index contributed by atoms with van der Waals surface area (Å²) >= 11 is 0. The summed E-state index contributed by atoms with van der Waals surface area (Å²) in [4.78, 5) is 23.7. The highest BCUT2D eigenvalue weighted by Gasteiger charge is 2.18. The minimum atomic E-state index is -0.768. The van der Waals surface area contributed by atoms with E-state index in [1.54, 1.807) is 31.2 Å². The lowest BCUT2D eigenvalue weighted by molar-refractivity contribution is -0.122. The van der Waals surface area contributed by atoms with Crippen molar-refractivity contribution in [2.75, 3.05) is 5.32 Å². The van der Waals surface area contributed by atoms with Crippen LogP contribution < -0.4 is 15.8 Å². The van der Waals surface area contributed by atoms with Crippen LogP contribution in [0.2, 0.25) is 0 Å². The third kappa shape index (κ3) is 4.10. The van der Waals surface area contributed by atoms with Gasteiger partial charge in [-0.1, -0.05) is 24.3 Å². The lowest BCUT2D eigenvalue weighted by Gasteiger charge is -2.17. The number of amides is 2. The van der Waals surface area contributed by atoms with E-state index >= 15 is 0 Å².